The highest BCUT2D eigenvalue weighted by Gasteiger charge is 2.16. The van der Waals surface area contributed by atoms with E-state index in [2.05, 4.69) is 35.8 Å². The van der Waals surface area contributed by atoms with Gasteiger partial charge in [-0.3, -0.25) is 15.1 Å². The minimum absolute atomic E-state index is 0.0230. The van der Waals surface area contributed by atoms with Gasteiger partial charge in [-0.15, -0.1) is 10.2 Å². The number of rotatable bonds is 8. The summed E-state index contributed by atoms with van der Waals surface area (Å²) in [7, 11) is 0. The first-order chi connectivity index (χ1) is 14.1. The largest absolute Gasteiger partial charge is 0.411 e. The van der Waals surface area contributed by atoms with E-state index in [0.29, 0.717) is 34.9 Å². The van der Waals surface area contributed by atoms with Crippen molar-refractivity contribution in [2.24, 2.45) is 4.99 Å². The second kappa shape index (κ2) is 9.93. The minimum Gasteiger partial charge on any atom is -0.411 e. The molecular formula is C16H18N8O3S2. The Balaban J connectivity index is 1.68. The van der Waals surface area contributed by atoms with Crippen LogP contribution in [0.3, 0.4) is 0 Å². The van der Waals surface area contributed by atoms with Crippen LogP contribution in [0.15, 0.2) is 38.6 Å². The van der Waals surface area contributed by atoms with Gasteiger partial charge in [0.1, 0.15) is 12.1 Å². The Morgan fingerprint density at radius 2 is 2.28 bits per heavy atom. The van der Waals surface area contributed by atoms with Gasteiger partial charge >= 0.3 is 5.00 Å². The first kappa shape index (κ1) is 20.7. The molecule has 0 amide bonds. The predicted octanol–water partition coefficient (Wildman–Crippen LogP) is 3.19. The molecule has 0 radical (unpaired) electrons. The number of nitrogens with zero attached hydrogens (tertiary/aromatic N) is 6. The summed E-state index contributed by atoms with van der Waals surface area (Å²) in [5.41, 5.74) is 1.36. The summed E-state index contributed by atoms with van der Waals surface area (Å²) in [5.74, 6) is 2.00. The number of thiophene rings is 1. The lowest BCUT2D eigenvalue weighted by atomic mass is 10.3. The predicted molar refractivity (Wildman–Crippen MR) is 111 cm³/mol. The quantitative estimate of drug-likeness (QED) is 0.178. The Morgan fingerprint density at radius 1 is 1.41 bits per heavy atom. The molecule has 0 aliphatic carbocycles. The van der Waals surface area contributed by atoms with Gasteiger partial charge in [0.25, 0.3) is 5.22 Å². The first-order valence-electron chi connectivity index (χ1n) is 8.64. The van der Waals surface area contributed by atoms with E-state index in [1.165, 1.54) is 24.2 Å². The number of aliphatic imine (C=N–C) groups is 1. The molecule has 0 atom stereocenters. The molecule has 0 bridgehead atoms. The van der Waals surface area contributed by atoms with E-state index < -0.39 is 4.92 Å². The molecule has 152 valence electrons. The van der Waals surface area contributed by atoms with Crippen LogP contribution in [0.25, 0.3) is 11.5 Å². The number of nitrogens with one attached hydrogen (secondary N) is 2. The normalized spacial score (nSPS) is 11.4. The van der Waals surface area contributed by atoms with Gasteiger partial charge in [-0.25, -0.2) is 9.97 Å². The van der Waals surface area contributed by atoms with Crippen LogP contribution in [0, 0.1) is 10.1 Å². The molecule has 2 N–H and O–H groups in total. The van der Waals surface area contributed by atoms with Gasteiger partial charge < -0.3 is 15.1 Å². The molecule has 11 nitrogen and oxygen atoms in total. The molecule has 0 saturated heterocycles. The maximum atomic E-state index is 10.8. The van der Waals surface area contributed by atoms with E-state index in [1.807, 2.05) is 13.8 Å². The van der Waals surface area contributed by atoms with E-state index >= 15 is 0 Å². The third-order valence-electron chi connectivity index (χ3n) is 3.46. The van der Waals surface area contributed by atoms with Gasteiger partial charge in [0.05, 0.1) is 10.5 Å². The Labute approximate surface area is 174 Å². The zero-order valence-electron chi connectivity index (χ0n) is 15.7. The Kier molecular flexibility index (Phi) is 7.08. The molecule has 3 heterocycles. The maximum absolute atomic E-state index is 10.8. The summed E-state index contributed by atoms with van der Waals surface area (Å²) < 4.78 is 5.61. The fourth-order valence-electron chi connectivity index (χ4n) is 2.21. The minimum atomic E-state index is -0.451. The van der Waals surface area contributed by atoms with E-state index in [0.717, 1.165) is 23.4 Å². The molecular weight excluding hydrogens is 416 g/mol. The smallest absolute Gasteiger partial charge is 0.324 e. The van der Waals surface area contributed by atoms with Gasteiger partial charge in [0.15, 0.2) is 5.96 Å². The van der Waals surface area contributed by atoms with Gasteiger partial charge in [0, 0.05) is 42.0 Å². The molecule has 0 spiro atoms. The van der Waals surface area contributed by atoms with Crippen molar-refractivity contribution in [2.45, 2.75) is 24.8 Å². The molecule has 0 saturated carbocycles. The van der Waals surface area contributed by atoms with Crippen LogP contribution in [0.1, 0.15) is 19.4 Å². The monoisotopic (exact) mass is 434 g/mol. The summed E-state index contributed by atoms with van der Waals surface area (Å²) in [6.45, 7) is 5.30. The summed E-state index contributed by atoms with van der Waals surface area (Å²) >= 11 is 2.33. The van der Waals surface area contributed by atoms with Crippen molar-refractivity contribution in [2.75, 3.05) is 18.4 Å². The molecule has 13 heteroatoms. The van der Waals surface area contributed by atoms with Crippen LogP contribution in [0.5, 0.6) is 0 Å². The summed E-state index contributed by atoms with van der Waals surface area (Å²) in [4.78, 5) is 23.1. The lowest BCUT2D eigenvalue weighted by Gasteiger charge is -2.12. The number of hydrogen-bond donors (Lipinski definition) is 2. The Hall–Kier alpha value is -3.06. The van der Waals surface area contributed by atoms with Crippen molar-refractivity contribution in [3.8, 4) is 11.5 Å². The van der Waals surface area contributed by atoms with Crippen molar-refractivity contribution in [3.05, 3.63) is 39.6 Å². The van der Waals surface area contributed by atoms with Gasteiger partial charge in [0.2, 0.25) is 5.89 Å². The number of hydrogen-bond acceptors (Lipinski definition) is 10. The fraction of sp³-hybridized carbons (Fsp3) is 0.312. The molecule has 0 aliphatic rings. The summed E-state index contributed by atoms with van der Waals surface area (Å²) in [6.07, 6.45) is 3.16. The SMILES string of the molecule is CCN=C(NCC)Nc1ncncc1CSc1nnc(-c2csc([N+](=O)[O-])c2)o1. The van der Waals surface area contributed by atoms with Crippen LogP contribution >= 0.6 is 23.1 Å². The van der Waals surface area contributed by atoms with Crippen molar-refractivity contribution < 1.29 is 9.34 Å². The van der Waals surface area contributed by atoms with Crippen molar-refractivity contribution in [3.63, 3.8) is 0 Å². The topological polar surface area (TPSA) is 144 Å². The van der Waals surface area contributed by atoms with Crippen LogP contribution in [0.4, 0.5) is 10.8 Å². The third-order valence-corrected chi connectivity index (χ3v) is 5.20. The van der Waals surface area contributed by atoms with Gasteiger partial charge in [-0.2, -0.15) is 0 Å². The molecule has 29 heavy (non-hydrogen) atoms. The number of nitro groups is 1. The first-order valence-corrected chi connectivity index (χ1v) is 10.5. The molecule has 0 unspecified atom stereocenters. The number of anilines is 1. The average molecular weight is 435 g/mol. The number of thioether (sulfide) groups is 1. The summed E-state index contributed by atoms with van der Waals surface area (Å²) in [6, 6.07) is 1.41. The Morgan fingerprint density at radius 3 is 3.00 bits per heavy atom. The fourth-order valence-corrected chi connectivity index (χ4v) is 3.64. The van der Waals surface area contributed by atoms with E-state index in [4.69, 9.17) is 4.42 Å². The zero-order chi connectivity index (χ0) is 20.6. The lowest BCUT2D eigenvalue weighted by molar-refractivity contribution is -0.380. The van der Waals surface area contributed by atoms with E-state index in [1.54, 1.807) is 11.6 Å². The molecule has 3 aromatic heterocycles. The van der Waals surface area contributed by atoms with Crippen LogP contribution in [-0.4, -0.2) is 44.1 Å². The molecule has 0 fully saturated rings. The van der Waals surface area contributed by atoms with Crippen LogP contribution in [-0.2, 0) is 5.75 Å². The average Bonchev–Trinajstić information content (AvgIpc) is 3.37. The molecule has 0 aromatic carbocycles. The Bertz CT molecular complexity index is 1000. The second-order valence-corrected chi connectivity index (χ2v) is 7.28. The van der Waals surface area contributed by atoms with E-state index in [9.17, 15) is 10.1 Å². The van der Waals surface area contributed by atoms with Crippen molar-refractivity contribution in [1.29, 1.82) is 0 Å². The van der Waals surface area contributed by atoms with Crippen LogP contribution in [0.2, 0.25) is 0 Å². The standard InChI is InChI=1S/C16H18N8O3S2/c1-3-18-15(19-4-2)21-13-11(6-17-9-20-13)8-29-16-23-22-14(27-16)10-5-12(24(25)26)28-7-10/h5-7,9H,3-4,8H2,1-2H3,(H2,17,18,19,20,21). The van der Waals surface area contributed by atoms with Crippen molar-refractivity contribution >= 4 is 39.9 Å². The van der Waals surface area contributed by atoms with E-state index in [-0.39, 0.29) is 10.9 Å². The van der Waals surface area contributed by atoms with Gasteiger partial charge in [-0.05, 0) is 13.8 Å². The second-order valence-electron chi connectivity index (χ2n) is 5.47. The number of guanidine groups is 1. The zero-order valence-corrected chi connectivity index (χ0v) is 17.3. The lowest BCUT2D eigenvalue weighted by Crippen LogP contribution is -2.31. The number of aromatic nitrogens is 4. The molecule has 0 aliphatic heterocycles. The summed E-state index contributed by atoms with van der Waals surface area (Å²) in [5, 5.41) is 27.1. The highest BCUT2D eigenvalue weighted by molar-refractivity contribution is 7.98. The van der Waals surface area contributed by atoms with Gasteiger partial charge in [-0.1, -0.05) is 23.1 Å². The highest BCUT2D eigenvalue weighted by atomic mass is 32.2. The highest BCUT2D eigenvalue weighted by Crippen LogP contribution is 2.32. The van der Waals surface area contributed by atoms with Crippen molar-refractivity contribution in [1.82, 2.24) is 25.5 Å². The molecule has 3 rings (SSSR count). The molecule has 3 aromatic rings. The van der Waals surface area contributed by atoms with Crippen LogP contribution < -0.4 is 10.6 Å². The maximum Gasteiger partial charge on any atom is 0.324 e. The third kappa shape index (κ3) is 5.48.